The second-order valence-electron chi connectivity index (χ2n) is 9.18. The minimum atomic E-state index is -3.44. The summed E-state index contributed by atoms with van der Waals surface area (Å²) in [4.78, 5) is 15.6. The molecule has 4 aromatic rings. The molecule has 188 valence electrons. The van der Waals surface area contributed by atoms with Crippen LogP contribution in [0, 0.1) is 0 Å². The largest absolute Gasteiger partial charge is 0.379 e. The van der Waals surface area contributed by atoms with E-state index in [1.165, 1.54) is 6.26 Å². The van der Waals surface area contributed by atoms with Crippen LogP contribution in [0.2, 0.25) is 0 Å². The molecule has 0 amide bonds. The van der Waals surface area contributed by atoms with E-state index in [-0.39, 0.29) is 10.7 Å². The van der Waals surface area contributed by atoms with Gasteiger partial charge in [-0.1, -0.05) is 24.3 Å². The van der Waals surface area contributed by atoms with Crippen molar-refractivity contribution in [3.05, 3.63) is 66.4 Å². The number of Topliss-reactive ketones (excluding diaryl/α,β-unsaturated/α-hetero) is 1. The van der Waals surface area contributed by atoms with E-state index in [1.807, 2.05) is 60.1 Å². The summed E-state index contributed by atoms with van der Waals surface area (Å²) in [5.41, 5.74) is 3.61. The number of fused-ring (bicyclic) bond motifs is 1. The number of aryl methyl sites for hydroxylation is 1. The molecule has 2 aromatic heterocycles. The van der Waals surface area contributed by atoms with Crippen LogP contribution in [-0.2, 0) is 21.6 Å². The maximum absolute atomic E-state index is 13.0. The van der Waals surface area contributed by atoms with Gasteiger partial charge in [0.1, 0.15) is 5.69 Å². The van der Waals surface area contributed by atoms with Gasteiger partial charge in [-0.2, -0.15) is 5.10 Å². The number of nitrogens with zero attached hydrogens (tertiary/aromatic N) is 4. The number of ether oxygens (including phenoxy) is 1. The van der Waals surface area contributed by atoms with E-state index in [0.717, 1.165) is 61.9 Å². The van der Waals surface area contributed by atoms with Crippen molar-refractivity contribution >= 4 is 26.5 Å². The smallest absolute Gasteiger partial charge is 0.183 e. The van der Waals surface area contributed by atoms with Gasteiger partial charge in [-0.25, -0.2) is 8.42 Å². The topological polar surface area (TPSA) is 86.4 Å². The zero-order valence-corrected chi connectivity index (χ0v) is 21.4. The molecule has 3 heterocycles. The zero-order valence-electron chi connectivity index (χ0n) is 20.6. The number of carbonyl (C=O) groups excluding carboxylic acids is 1. The van der Waals surface area contributed by atoms with Crippen molar-refractivity contribution in [2.45, 2.75) is 17.7 Å². The van der Waals surface area contributed by atoms with E-state index in [4.69, 9.17) is 4.74 Å². The molecule has 0 N–H and O–H groups in total. The summed E-state index contributed by atoms with van der Waals surface area (Å²) >= 11 is 0. The molecule has 2 aromatic carbocycles. The minimum Gasteiger partial charge on any atom is -0.379 e. The Morgan fingerprint density at radius 2 is 1.75 bits per heavy atom. The standard InChI is InChI=1S/C27H30N4O4S/c1-29-24(19-22(28-29)26(32)11-7-13-30-14-16-35-17-15-30)25-18-21-23(10-6-12-27(21)36(2,33)34)31(25)20-8-4-3-5-9-20/h3-6,8-10,12,18-19H,7,11,13-17H2,1-2H3. The van der Waals surface area contributed by atoms with Crippen LogP contribution in [0.15, 0.2) is 65.6 Å². The van der Waals surface area contributed by atoms with Crippen LogP contribution < -0.4 is 0 Å². The summed E-state index contributed by atoms with van der Waals surface area (Å²) in [6.45, 7) is 4.16. The lowest BCUT2D eigenvalue weighted by Gasteiger charge is -2.26. The molecule has 36 heavy (non-hydrogen) atoms. The Hall–Kier alpha value is -3.27. The Morgan fingerprint density at radius 3 is 2.47 bits per heavy atom. The van der Waals surface area contributed by atoms with Crippen molar-refractivity contribution in [2.24, 2.45) is 7.05 Å². The number of hydrogen-bond acceptors (Lipinski definition) is 6. The Balaban J connectivity index is 1.51. The zero-order chi connectivity index (χ0) is 25.3. The number of ketones is 1. The highest BCUT2D eigenvalue weighted by Crippen LogP contribution is 2.35. The molecule has 1 aliphatic rings. The van der Waals surface area contributed by atoms with Crippen LogP contribution in [0.25, 0.3) is 28.0 Å². The van der Waals surface area contributed by atoms with Crippen LogP contribution in [0.4, 0.5) is 0 Å². The lowest BCUT2D eigenvalue weighted by atomic mass is 10.1. The van der Waals surface area contributed by atoms with Crippen molar-refractivity contribution in [3.63, 3.8) is 0 Å². The summed E-state index contributed by atoms with van der Waals surface area (Å²) in [7, 11) is -1.63. The van der Waals surface area contributed by atoms with E-state index >= 15 is 0 Å². The van der Waals surface area contributed by atoms with E-state index in [1.54, 1.807) is 16.8 Å². The van der Waals surface area contributed by atoms with Gasteiger partial charge in [0.25, 0.3) is 0 Å². The third-order valence-corrected chi connectivity index (χ3v) is 7.78. The molecule has 0 radical (unpaired) electrons. The van der Waals surface area contributed by atoms with E-state index in [0.29, 0.717) is 17.5 Å². The number of hydrogen-bond donors (Lipinski definition) is 0. The average Bonchev–Trinajstić information content (AvgIpc) is 3.45. The molecule has 0 unspecified atom stereocenters. The van der Waals surface area contributed by atoms with Crippen molar-refractivity contribution < 1.29 is 17.9 Å². The van der Waals surface area contributed by atoms with Gasteiger partial charge >= 0.3 is 0 Å². The van der Waals surface area contributed by atoms with Gasteiger partial charge in [0, 0.05) is 43.9 Å². The van der Waals surface area contributed by atoms with Crippen molar-refractivity contribution in [2.75, 3.05) is 39.1 Å². The predicted molar refractivity (Wildman–Crippen MR) is 139 cm³/mol. The highest BCUT2D eigenvalue weighted by Gasteiger charge is 2.22. The fraction of sp³-hybridized carbons (Fsp3) is 0.333. The molecule has 9 heteroatoms. The fourth-order valence-corrected chi connectivity index (χ4v) is 5.72. The third kappa shape index (κ3) is 4.86. The molecule has 5 rings (SSSR count). The minimum absolute atomic E-state index is 0.00399. The summed E-state index contributed by atoms with van der Waals surface area (Å²) in [5, 5.41) is 5.17. The maximum Gasteiger partial charge on any atom is 0.183 e. The molecular formula is C27H30N4O4S. The van der Waals surface area contributed by atoms with E-state index < -0.39 is 9.84 Å². The van der Waals surface area contributed by atoms with E-state index in [2.05, 4.69) is 10.00 Å². The van der Waals surface area contributed by atoms with Gasteiger partial charge in [-0.3, -0.25) is 14.4 Å². The van der Waals surface area contributed by atoms with Crippen LogP contribution in [0.3, 0.4) is 0 Å². The Kier molecular flexibility index (Phi) is 6.79. The molecule has 1 aliphatic heterocycles. The number of sulfone groups is 1. The maximum atomic E-state index is 13.0. The van der Waals surface area contributed by atoms with Crippen LogP contribution in [0.5, 0.6) is 0 Å². The first-order valence-electron chi connectivity index (χ1n) is 12.1. The fourth-order valence-electron chi connectivity index (χ4n) is 4.83. The lowest BCUT2D eigenvalue weighted by molar-refractivity contribution is 0.0371. The molecule has 8 nitrogen and oxygen atoms in total. The normalized spacial score (nSPS) is 14.9. The van der Waals surface area contributed by atoms with Gasteiger partial charge in [0.05, 0.1) is 35.0 Å². The van der Waals surface area contributed by atoms with Gasteiger partial charge < -0.3 is 9.30 Å². The van der Waals surface area contributed by atoms with Gasteiger partial charge in [-0.15, -0.1) is 0 Å². The molecule has 0 aliphatic carbocycles. The first kappa shape index (κ1) is 24.4. The summed E-state index contributed by atoms with van der Waals surface area (Å²) in [6.07, 6.45) is 2.42. The SMILES string of the molecule is Cn1nc(C(=O)CCCN2CCOCC2)cc1-c1cc2c(S(C)(=O)=O)cccc2n1-c1ccccc1. The average molecular weight is 507 g/mol. The number of carbonyl (C=O) groups is 1. The number of morpholine rings is 1. The number of para-hydroxylation sites is 1. The highest BCUT2D eigenvalue weighted by atomic mass is 32.2. The Bertz CT molecular complexity index is 1500. The summed E-state index contributed by atoms with van der Waals surface area (Å²) < 4.78 is 34.2. The molecule has 1 saturated heterocycles. The van der Waals surface area contributed by atoms with Crippen molar-refractivity contribution in [1.29, 1.82) is 0 Å². The molecule has 0 atom stereocenters. The third-order valence-electron chi connectivity index (χ3n) is 6.63. The summed E-state index contributed by atoms with van der Waals surface area (Å²) in [5.74, 6) is 0.00399. The van der Waals surface area contributed by atoms with E-state index in [9.17, 15) is 13.2 Å². The van der Waals surface area contributed by atoms with Crippen molar-refractivity contribution in [1.82, 2.24) is 19.2 Å². The molecule has 0 saturated carbocycles. The quantitative estimate of drug-likeness (QED) is 0.339. The van der Waals surface area contributed by atoms with Gasteiger partial charge in [0.15, 0.2) is 15.6 Å². The highest BCUT2D eigenvalue weighted by molar-refractivity contribution is 7.91. The first-order valence-corrected chi connectivity index (χ1v) is 14.0. The van der Waals surface area contributed by atoms with Crippen LogP contribution in [-0.4, -0.2) is 72.6 Å². The number of rotatable bonds is 8. The Morgan fingerprint density at radius 1 is 1.00 bits per heavy atom. The monoisotopic (exact) mass is 506 g/mol. The van der Waals surface area contributed by atoms with Crippen molar-refractivity contribution in [3.8, 4) is 17.1 Å². The molecule has 0 bridgehead atoms. The van der Waals surface area contributed by atoms with Crippen LogP contribution in [0.1, 0.15) is 23.3 Å². The molecule has 1 fully saturated rings. The Labute approximate surface area is 211 Å². The summed E-state index contributed by atoms with van der Waals surface area (Å²) in [6, 6.07) is 18.8. The number of benzene rings is 2. The predicted octanol–water partition coefficient (Wildman–Crippen LogP) is 3.73. The second-order valence-corrected chi connectivity index (χ2v) is 11.2. The lowest BCUT2D eigenvalue weighted by Crippen LogP contribution is -2.36. The number of aromatic nitrogens is 3. The first-order chi connectivity index (χ1) is 17.3. The van der Waals surface area contributed by atoms with Crippen LogP contribution >= 0.6 is 0 Å². The van der Waals surface area contributed by atoms with Gasteiger partial charge in [0.2, 0.25) is 0 Å². The second kappa shape index (κ2) is 10.0. The molecular weight excluding hydrogens is 476 g/mol. The van der Waals surface area contributed by atoms with Gasteiger partial charge in [-0.05, 0) is 49.4 Å². The molecule has 0 spiro atoms.